The summed E-state index contributed by atoms with van der Waals surface area (Å²) in [5.74, 6) is 0.429. The predicted octanol–water partition coefficient (Wildman–Crippen LogP) is 3.72. The molecule has 0 spiro atoms. The number of carbonyl (C=O) groups excluding carboxylic acids is 1. The van der Waals surface area contributed by atoms with E-state index in [1.165, 1.54) is 12.1 Å². The third-order valence-corrected chi connectivity index (χ3v) is 4.85. The van der Waals surface area contributed by atoms with Crippen molar-refractivity contribution >= 4 is 52.4 Å². The maximum Gasteiger partial charge on any atom is 0.238 e. The van der Waals surface area contributed by atoms with Crippen molar-refractivity contribution in [3.8, 4) is 0 Å². The fraction of sp³-hybridized carbons (Fsp3) is 0.333. The molecule has 1 amide bonds. The van der Waals surface area contributed by atoms with Crippen molar-refractivity contribution in [1.29, 1.82) is 0 Å². The predicted molar refractivity (Wildman–Crippen MR) is 144 cm³/mol. The number of hydrogen-bond acceptors (Lipinski definition) is 3. The van der Waals surface area contributed by atoms with Gasteiger partial charge < -0.3 is 25.8 Å². The highest BCUT2D eigenvalue weighted by Crippen LogP contribution is 2.19. The zero-order chi connectivity index (χ0) is 22.9. The minimum absolute atomic E-state index is 0. The van der Waals surface area contributed by atoms with Gasteiger partial charge in [0, 0.05) is 35.9 Å². The fourth-order valence-corrected chi connectivity index (χ4v) is 3.43. The van der Waals surface area contributed by atoms with E-state index in [2.05, 4.69) is 25.9 Å². The summed E-state index contributed by atoms with van der Waals surface area (Å²) in [6.07, 6.45) is 2.70. The van der Waals surface area contributed by atoms with Crippen molar-refractivity contribution < 1.29 is 9.18 Å². The number of H-pyrrole nitrogens is 1. The summed E-state index contributed by atoms with van der Waals surface area (Å²) in [6.45, 7) is 4.28. The lowest BCUT2D eigenvalue weighted by molar-refractivity contribution is -0.116. The first kappa shape index (κ1) is 26.6. The van der Waals surface area contributed by atoms with E-state index in [0.717, 1.165) is 46.6 Å². The zero-order valence-electron chi connectivity index (χ0n) is 19.2. The molecular formula is C24H32FIN6O. The standard InChI is InChI=1S/C24H31FN6O.HI/c1-4-26-24(27-11-10-18-15-28-22-13-19(25)8-9-21(18)22)29-14-17-6-5-7-20(12-17)30-23(32)16-31(2)3;/h5-9,12-13,15,28H,4,10-11,14,16H2,1-3H3,(H,30,32)(H2,26,27,29);1H. The molecule has 7 nitrogen and oxygen atoms in total. The Hall–Kier alpha value is -2.66. The molecule has 4 N–H and O–H groups in total. The number of rotatable bonds is 9. The number of aromatic amines is 1. The highest BCUT2D eigenvalue weighted by molar-refractivity contribution is 14.0. The minimum atomic E-state index is -0.244. The van der Waals surface area contributed by atoms with Crippen molar-refractivity contribution in [2.75, 3.05) is 39.0 Å². The molecule has 0 bridgehead atoms. The number of anilines is 1. The molecule has 0 aliphatic carbocycles. The van der Waals surface area contributed by atoms with Gasteiger partial charge in [0.25, 0.3) is 0 Å². The molecule has 2 aromatic carbocycles. The molecule has 3 rings (SSSR count). The minimum Gasteiger partial charge on any atom is -0.361 e. The SMILES string of the molecule is CCNC(=NCc1cccc(NC(=O)CN(C)C)c1)NCCc1c[nH]c2cc(F)ccc12.I. The maximum atomic E-state index is 13.4. The summed E-state index contributed by atoms with van der Waals surface area (Å²) in [5, 5.41) is 10.5. The third kappa shape index (κ3) is 8.32. The highest BCUT2D eigenvalue weighted by atomic mass is 127. The summed E-state index contributed by atoms with van der Waals surface area (Å²) < 4.78 is 13.4. The number of hydrogen-bond donors (Lipinski definition) is 4. The summed E-state index contributed by atoms with van der Waals surface area (Å²) in [7, 11) is 3.72. The second-order valence-electron chi connectivity index (χ2n) is 7.86. The summed E-state index contributed by atoms with van der Waals surface area (Å²) in [4.78, 5) is 21.6. The van der Waals surface area contributed by atoms with Crippen molar-refractivity contribution in [2.45, 2.75) is 19.9 Å². The summed E-state index contributed by atoms with van der Waals surface area (Å²) >= 11 is 0. The average molecular weight is 566 g/mol. The number of nitrogens with one attached hydrogen (secondary N) is 4. The molecule has 0 saturated carbocycles. The first-order valence-corrected chi connectivity index (χ1v) is 10.8. The van der Waals surface area contributed by atoms with Gasteiger partial charge in [-0.15, -0.1) is 24.0 Å². The van der Waals surface area contributed by atoms with E-state index in [-0.39, 0.29) is 35.7 Å². The Labute approximate surface area is 211 Å². The van der Waals surface area contributed by atoms with Crippen LogP contribution in [0.15, 0.2) is 53.7 Å². The van der Waals surface area contributed by atoms with E-state index in [1.54, 1.807) is 6.07 Å². The van der Waals surface area contributed by atoms with Gasteiger partial charge in [-0.1, -0.05) is 12.1 Å². The van der Waals surface area contributed by atoms with Crippen LogP contribution < -0.4 is 16.0 Å². The van der Waals surface area contributed by atoms with Gasteiger partial charge in [-0.25, -0.2) is 9.38 Å². The van der Waals surface area contributed by atoms with Crippen LogP contribution in [0.3, 0.4) is 0 Å². The molecule has 0 unspecified atom stereocenters. The van der Waals surface area contributed by atoms with E-state index in [0.29, 0.717) is 19.6 Å². The smallest absolute Gasteiger partial charge is 0.238 e. The Morgan fingerprint density at radius 3 is 2.73 bits per heavy atom. The van der Waals surface area contributed by atoms with Gasteiger partial charge in [-0.2, -0.15) is 0 Å². The summed E-state index contributed by atoms with van der Waals surface area (Å²) in [6, 6.07) is 12.5. The van der Waals surface area contributed by atoms with Gasteiger partial charge in [-0.3, -0.25) is 4.79 Å². The molecule has 0 radical (unpaired) electrons. The largest absolute Gasteiger partial charge is 0.361 e. The fourth-order valence-electron chi connectivity index (χ4n) is 3.43. The number of amides is 1. The zero-order valence-corrected chi connectivity index (χ0v) is 21.6. The van der Waals surface area contributed by atoms with E-state index in [9.17, 15) is 9.18 Å². The Kier molecular flexibility index (Phi) is 10.6. The Bertz CT molecular complexity index is 1080. The van der Waals surface area contributed by atoms with Crippen molar-refractivity contribution in [3.63, 3.8) is 0 Å². The number of likely N-dealkylation sites (N-methyl/N-ethyl adjacent to an activating group) is 1. The molecular weight excluding hydrogens is 534 g/mol. The van der Waals surface area contributed by atoms with Crippen LogP contribution in [-0.4, -0.2) is 55.5 Å². The number of aliphatic imine (C=N–C) groups is 1. The number of fused-ring (bicyclic) bond motifs is 1. The van der Waals surface area contributed by atoms with Crippen molar-refractivity contribution in [3.05, 3.63) is 65.6 Å². The topological polar surface area (TPSA) is 84.6 Å². The van der Waals surface area contributed by atoms with Crippen molar-refractivity contribution in [2.24, 2.45) is 4.99 Å². The number of guanidine groups is 1. The molecule has 178 valence electrons. The van der Waals surface area contributed by atoms with E-state index in [1.807, 2.05) is 56.4 Å². The molecule has 0 aliphatic rings. The monoisotopic (exact) mass is 566 g/mol. The lowest BCUT2D eigenvalue weighted by atomic mass is 10.1. The normalized spacial score (nSPS) is 11.4. The van der Waals surface area contributed by atoms with Crippen LogP contribution in [0.4, 0.5) is 10.1 Å². The Balaban J connectivity index is 0.00000385. The molecule has 9 heteroatoms. The van der Waals surface area contributed by atoms with Gasteiger partial charge in [0.2, 0.25) is 5.91 Å². The maximum absolute atomic E-state index is 13.4. The lowest BCUT2D eigenvalue weighted by Gasteiger charge is -2.12. The first-order valence-electron chi connectivity index (χ1n) is 10.8. The molecule has 0 fully saturated rings. The van der Waals surface area contributed by atoms with Crippen LogP contribution in [0.1, 0.15) is 18.1 Å². The number of aromatic nitrogens is 1. The van der Waals surface area contributed by atoms with Crippen LogP contribution in [0, 0.1) is 5.82 Å². The number of nitrogens with zero attached hydrogens (tertiary/aromatic N) is 2. The van der Waals surface area contributed by atoms with Crippen LogP contribution in [0.25, 0.3) is 10.9 Å². The van der Waals surface area contributed by atoms with Gasteiger partial charge in [0.15, 0.2) is 5.96 Å². The van der Waals surface area contributed by atoms with Crippen LogP contribution in [0.5, 0.6) is 0 Å². The van der Waals surface area contributed by atoms with Gasteiger partial charge in [0.05, 0.1) is 13.1 Å². The number of carbonyl (C=O) groups is 1. The number of benzene rings is 2. The van der Waals surface area contributed by atoms with Gasteiger partial charge in [-0.05, 0) is 68.9 Å². The molecule has 0 atom stereocenters. The first-order chi connectivity index (χ1) is 15.4. The van der Waals surface area contributed by atoms with E-state index >= 15 is 0 Å². The molecule has 33 heavy (non-hydrogen) atoms. The molecule has 0 aliphatic heterocycles. The molecule has 1 heterocycles. The Morgan fingerprint density at radius 2 is 1.97 bits per heavy atom. The molecule has 0 saturated heterocycles. The summed E-state index contributed by atoms with van der Waals surface area (Å²) in [5.41, 5.74) is 3.70. The highest BCUT2D eigenvalue weighted by Gasteiger charge is 2.06. The molecule has 3 aromatic rings. The van der Waals surface area contributed by atoms with Gasteiger partial charge >= 0.3 is 0 Å². The van der Waals surface area contributed by atoms with Crippen molar-refractivity contribution in [1.82, 2.24) is 20.5 Å². The van der Waals surface area contributed by atoms with E-state index in [4.69, 9.17) is 0 Å². The number of halogens is 2. The van der Waals surface area contributed by atoms with E-state index < -0.39 is 0 Å². The van der Waals surface area contributed by atoms with Gasteiger partial charge in [0.1, 0.15) is 5.82 Å². The van der Waals surface area contributed by atoms with Crippen LogP contribution in [-0.2, 0) is 17.8 Å². The molecule has 1 aromatic heterocycles. The average Bonchev–Trinajstić information content (AvgIpc) is 3.13. The third-order valence-electron chi connectivity index (χ3n) is 4.85. The second kappa shape index (κ2) is 13.1. The second-order valence-corrected chi connectivity index (χ2v) is 7.86. The quantitative estimate of drug-likeness (QED) is 0.181. The van der Waals surface area contributed by atoms with Crippen LogP contribution in [0.2, 0.25) is 0 Å². The Morgan fingerprint density at radius 1 is 1.15 bits per heavy atom. The van der Waals surface area contributed by atoms with Crippen LogP contribution >= 0.6 is 24.0 Å². The lowest BCUT2D eigenvalue weighted by Crippen LogP contribution is -2.38.